The van der Waals surface area contributed by atoms with Crippen LogP contribution in [0.3, 0.4) is 0 Å². The highest BCUT2D eigenvalue weighted by Crippen LogP contribution is 2.31. The van der Waals surface area contributed by atoms with Gasteiger partial charge in [-0.05, 0) is 35.6 Å². The lowest BCUT2D eigenvalue weighted by Gasteiger charge is -2.12. The van der Waals surface area contributed by atoms with Crippen molar-refractivity contribution in [1.29, 1.82) is 0 Å². The first-order valence-electron chi connectivity index (χ1n) is 5.13. The van der Waals surface area contributed by atoms with E-state index in [0.717, 1.165) is 25.7 Å². The Hall–Kier alpha value is -1.36. The van der Waals surface area contributed by atoms with Gasteiger partial charge in [0.05, 0.1) is 11.1 Å². The maximum Gasteiger partial charge on any atom is 0.406 e. The highest BCUT2D eigenvalue weighted by molar-refractivity contribution is 6.30. The van der Waals surface area contributed by atoms with Gasteiger partial charge in [0.2, 0.25) is 5.75 Å². The van der Waals surface area contributed by atoms with Crippen LogP contribution in [0.25, 0.3) is 0 Å². The van der Waals surface area contributed by atoms with Crippen LogP contribution < -0.4 is 4.74 Å². The van der Waals surface area contributed by atoms with Gasteiger partial charge in [-0.2, -0.15) is 0 Å². The van der Waals surface area contributed by atoms with Gasteiger partial charge in [-0.25, -0.2) is 0 Å². The summed E-state index contributed by atoms with van der Waals surface area (Å²) < 4.78 is 5.56. The topological polar surface area (TPSA) is 65.3 Å². The Morgan fingerprint density at radius 1 is 1.50 bits per heavy atom. The van der Waals surface area contributed by atoms with E-state index in [1.165, 1.54) is 12.3 Å². The van der Waals surface area contributed by atoms with Crippen molar-refractivity contribution in [3.8, 4) is 5.75 Å². The molecule has 1 heterocycles. The molecule has 1 aromatic rings. The number of halogens is 1. The summed E-state index contributed by atoms with van der Waals surface area (Å²) in [4.78, 5) is 13.8. The monoisotopic (exact) mass is 242 g/mol. The predicted octanol–water partition coefficient (Wildman–Crippen LogP) is 2.96. The fourth-order valence-electron chi connectivity index (χ4n) is 1.82. The molecule has 16 heavy (non-hydrogen) atoms. The molecule has 0 saturated heterocycles. The second-order valence-corrected chi connectivity index (χ2v) is 4.19. The van der Waals surface area contributed by atoms with E-state index in [1.807, 2.05) is 0 Å². The molecule has 0 radical (unpaired) electrons. The highest BCUT2D eigenvalue weighted by Gasteiger charge is 2.23. The van der Waals surface area contributed by atoms with Gasteiger partial charge in [0.15, 0.2) is 6.20 Å². The van der Waals surface area contributed by atoms with Crippen molar-refractivity contribution in [2.75, 3.05) is 0 Å². The maximum absolute atomic E-state index is 10.7. The average Bonchev–Trinajstić information content (AvgIpc) is 2.70. The van der Waals surface area contributed by atoms with Crippen molar-refractivity contribution in [3.05, 3.63) is 27.4 Å². The van der Waals surface area contributed by atoms with E-state index >= 15 is 0 Å². The summed E-state index contributed by atoms with van der Waals surface area (Å²) in [6.07, 6.45) is 5.38. The molecule has 1 aliphatic rings. The molecule has 1 aliphatic carbocycles. The van der Waals surface area contributed by atoms with E-state index in [1.54, 1.807) is 0 Å². The van der Waals surface area contributed by atoms with E-state index in [0.29, 0.717) is 5.02 Å². The fourth-order valence-corrected chi connectivity index (χ4v) is 1.97. The third kappa shape index (κ3) is 2.41. The Labute approximate surface area is 97.5 Å². The predicted molar refractivity (Wildman–Crippen MR) is 58.8 cm³/mol. The first kappa shape index (κ1) is 11.1. The summed E-state index contributed by atoms with van der Waals surface area (Å²) in [7, 11) is 0. The molecule has 0 aromatic carbocycles. The summed E-state index contributed by atoms with van der Waals surface area (Å²) in [5, 5.41) is 11.1. The molecular formula is C10H11ClN2O3. The first-order valence-corrected chi connectivity index (χ1v) is 5.51. The number of ether oxygens (including phenoxy) is 1. The quantitative estimate of drug-likeness (QED) is 0.604. The van der Waals surface area contributed by atoms with Crippen LogP contribution in [0.5, 0.6) is 5.75 Å². The summed E-state index contributed by atoms with van der Waals surface area (Å²) in [6, 6.07) is 1.45. The van der Waals surface area contributed by atoms with Gasteiger partial charge in [0.25, 0.3) is 0 Å². The van der Waals surface area contributed by atoms with Gasteiger partial charge in [-0.15, -0.1) is 0 Å². The molecule has 0 N–H and O–H groups in total. The Morgan fingerprint density at radius 2 is 2.19 bits per heavy atom. The number of aromatic nitrogens is 1. The molecule has 5 nitrogen and oxygen atoms in total. The van der Waals surface area contributed by atoms with E-state index in [4.69, 9.17) is 16.3 Å². The molecule has 2 rings (SSSR count). The Morgan fingerprint density at radius 3 is 2.81 bits per heavy atom. The molecule has 0 bridgehead atoms. The van der Waals surface area contributed by atoms with Crippen LogP contribution in [0.1, 0.15) is 25.7 Å². The minimum Gasteiger partial charge on any atom is -0.482 e. The molecule has 1 aromatic heterocycles. The fraction of sp³-hybridized carbons (Fsp3) is 0.500. The zero-order chi connectivity index (χ0) is 11.5. The third-order valence-corrected chi connectivity index (χ3v) is 2.78. The van der Waals surface area contributed by atoms with Gasteiger partial charge < -0.3 is 14.9 Å². The van der Waals surface area contributed by atoms with Crippen molar-refractivity contribution in [2.24, 2.45) is 0 Å². The summed E-state index contributed by atoms with van der Waals surface area (Å²) >= 11 is 5.74. The molecule has 0 spiro atoms. The van der Waals surface area contributed by atoms with Gasteiger partial charge in [-0.1, -0.05) is 11.6 Å². The van der Waals surface area contributed by atoms with E-state index in [9.17, 15) is 10.1 Å². The molecule has 1 fully saturated rings. The molecular weight excluding hydrogens is 232 g/mol. The van der Waals surface area contributed by atoms with Crippen LogP contribution in [0.2, 0.25) is 5.02 Å². The number of nitro groups is 1. The van der Waals surface area contributed by atoms with Crippen molar-refractivity contribution in [1.82, 2.24) is 4.98 Å². The standard InChI is InChI=1S/C10H11ClN2O3/c11-7-5-9(10(12-6-7)13(14)15)16-8-3-1-2-4-8/h5-6,8H,1-4H2. The van der Waals surface area contributed by atoms with Crippen LogP contribution in [-0.4, -0.2) is 16.0 Å². The number of rotatable bonds is 3. The number of pyridine rings is 1. The summed E-state index contributed by atoms with van der Waals surface area (Å²) in [5.41, 5.74) is 0. The smallest absolute Gasteiger partial charge is 0.406 e. The molecule has 86 valence electrons. The van der Waals surface area contributed by atoms with Crippen molar-refractivity contribution < 1.29 is 9.66 Å². The molecule has 6 heteroatoms. The zero-order valence-electron chi connectivity index (χ0n) is 8.56. The van der Waals surface area contributed by atoms with Crippen LogP contribution in [0.4, 0.5) is 5.82 Å². The Balaban J connectivity index is 2.22. The summed E-state index contributed by atoms with van der Waals surface area (Å²) in [6.45, 7) is 0. The van der Waals surface area contributed by atoms with Crippen molar-refractivity contribution in [3.63, 3.8) is 0 Å². The normalized spacial score (nSPS) is 16.3. The Kier molecular flexibility index (Phi) is 3.24. The number of hydrogen-bond donors (Lipinski definition) is 0. The maximum atomic E-state index is 10.7. The van der Waals surface area contributed by atoms with Gasteiger partial charge in [0, 0.05) is 6.07 Å². The highest BCUT2D eigenvalue weighted by atomic mass is 35.5. The Bertz CT molecular complexity index is 405. The van der Waals surface area contributed by atoms with Crippen LogP contribution in [-0.2, 0) is 0 Å². The first-order chi connectivity index (χ1) is 7.66. The van der Waals surface area contributed by atoms with Gasteiger partial charge in [0.1, 0.15) is 0 Å². The molecule has 0 unspecified atom stereocenters. The van der Waals surface area contributed by atoms with E-state index in [2.05, 4.69) is 4.98 Å². The minimum atomic E-state index is -0.555. The summed E-state index contributed by atoms with van der Waals surface area (Å²) in [5.74, 6) is -0.0966. The molecule has 0 atom stereocenters. The molecule has 1 saturated carbocycles. The van der Waals surface area contributed by atoms with E-state index < -0.39 is 4.92 Å². The van der Waals surface area contributed by atoms with Crippen LogP contribution in [0, 0.1) is 10.1 Å². The number of nitrogens with zero attached hydrogens (tertiary/aromatic N) is 2. The van der Waals surface area contributed by atoms with Crippen LogP contribution >= 0.6 is 11.6 Å². The molecule has 0 aliphatic heterocycles. The lowest BCUT2D eigenvalue weighted by molar-refractivity contribution is -0.390. The van der Waals surface area contributed by atoms with E-state index in [-0.39, 0.29) is 17.7 Å². The lowest BCUT2D eigenvalue weighted by Crippen LogP contribution is -2.12. The van der Waals surface area contributed by atoms with Crippen molar-refractivity contribution >= 4 is 17.4 Å². The number of hydrogen-bond acceptors (Lipinski definition) is 4. The third-order valence-electron chi connectivity index (χ3n) is 2.57. The average molecular weight is 243 g/mol. The van der Waals surface area contributed by atoms with Crippen LogP contribution in [0.15, 0.2) is 12.3 Å². The van der Waals surface area contributed by atoms with Gasteiger partial charge in [-0.3, -0.25) is 0 Å². The minimum absolute atomic E-state index is 0.0546. The second-order valence-electron chi connectivity index (χ2n) is 3.76. The van der Waals surface area contributed by atoms with Gasteiger partial charge >= 0.3 is 5.82 Å². The molecule has 0 amide bonds. The SMILES string of the molecule is O=[N+]([O-])c1ncc(Cl)cc1OC1CCCC1. The largest absolute Gasteiger partial charge is 0.482 e. The lowest BCUT2D eigenvalue weighted by atomic mass is 10.3. The second kappa shape index (κ2) is 4.65. The zero-order valence-corrected chi connectivity index (χ0v) is 9.31. The van der Waals surface area contributed by atoms with Crippen molar-refractivity contribution in [2.45, 2.75) is 31.8 Å².